The molecule has 1 aliphatic rings. The first-order valence-corrected chi connectivity index (χ1v) is 9.53. The van der Waals surface area contributed by atoms with E-state index in [1.807, 2.05) is 4.90 Å². The summed E-state index contributed by atoms with van der Waals surface area (Å²) in [5.74, 6) is 0.180. The van der Waals surface area contributed by atoms with Crippen molar-refractivity contribution in [3.05, 3.63) is 46.6 Å². The molecule has 1 N–H and O–H groups in total. The Hall–Kier alpha value is -2.00. The zero-order chi connectivity index (χ0) is 20.3. The third-order valence-corrected chi connectivity index (χ3v) is 4.81. The van der Waals surface area contributed by atoms with Gasteiger partial charge in [-0.15, -0.1) is 0 Å². The van der Waals surface area contributed by atoms with E-state index in [2.05, 4.69) is 31.0 Å². The minimum atomic E-state index is -2.93. The molecule has 28 heavy (non-hydrogen) atoms. The molecule has 10 heteroatoms. The van der Waals surface area contributed by atoms with Crippen LogP contribution >= 0.6 is 27.5 Å². The predicted octanol–water partition coefficient (Wildman–Crippen LogP) is 4.86. The molecule has 5 nitrogen and oxygen atoms in total. The SMILES string of the molecule is O=C(Nc1ccc(OC(F)(Cl)CF)cc1)c1cnc(N2CC[C@@H](F)C2)c(Br)c1. The summed E-state index contributed by atoms with van der Waals surface area (Å²) < 4.78 is 44.3. The van der Waals surface area contributed by atoms with Crippen molar-refractivity contribution in [2.45, 2.75) is 17.9 Å². The van der Waals surface area contributed by atoms with Gasteiger partial charge in [0.1, 0.15) is 17.7 Å². The van der Waals surface area contributed by atoms with Crippen LogP contribution in [0.15, 0.2) is 41.0 Å². The molecule has 0 saturated carbocycles. The lowest BCUT2D eigenvalue weighted by Crippen LogP contribution is -2.25. The maximum atomic E-state index is 13.4. The van der Waals surface area contributed by atoms with E-state index in [0.29, 0.717) is 34.5 Å². The molecule has 1 aliphatic heterocycles. The molecule has 1 aromatic carbocycles. The van der Waals surface area contributed by atoms with Crippen molar-refractivity contribution in [3.8, 4) is 5.75 Å². The standard InChI is InChI=1S/C18H16BrClF3N3O2/c19-15-7-11(8-24-16(15)26-6-5-12(22)9-26)17(27)25-13-1-3-14(4-2-13)28-18(20,23)10-21/h1-4,7-8,12H,5-6,9-10H2,(H,25,27)/t12-,18?/m1/s1. The second kappa shape index (κ2) is 8.57. The lowest BCUT2D eigenvalue weighted by molar-refractivity contribution is -0.000530. The Balaban J connectivity index is 1.65. The lowest BCUT2D eigenvalue weighted by Gasteiger charge is -2.18. The molecule has 2 heterocycles. The molecular weight excluding hydrogens is 463 g/mol. The van der Waals surface area contributed by atoms with Gasteiger partial charge in [0.2, 0.25) is 0 Å². The van der Waals surface area contributed by atoms with Crippen molar-refractivity contribution in [2.24, 2.45) is 0 Å². The monoisotopic (exact) mass is 477 g/mol. The van der Waals surface area contributed by atoms with Crippen molar-refractivity contribution in [3.63, 3.8) is 0 Å². The van der Waals surface area contributed by atoms with Crippen molar-refractivity contribution in [2.75, 3.05) is 30.0 Å². The minimum Gasteiger partial charge on any atom is -0.443 e. The average molecular weight is 479 g/mol. The van der Waals surface area contributed by atoms with Crippen LogP contribution in [-0.2, 0) is 0 Å². The van der Waals surface area contributed by atoms with Gasteiger partial charge < -0.3 is 15.0 Å². The molecule has 2 atom stereocenters. The third-order valence-electron chi connectivity index (χ3n) is 4.05. The number of nitrogens with one attached hydrogen (secondary N) is 1. The maximum absolute atomic E-state index is 13.4. The largest absolute Gasteiger partial charge is 0.443 e. The van der Waals surface area contributed by atoms with Gasteiger partial charge in [-0.3, -0.25) is 4.79 Å². The maximum Gasteiger partial charge on any atom is 0.355 e. The van der Waals surface area contributed by atoms with Crippen LogP contribution < -0.4 is 15.0 Å². The molecule has 0 radical (unpaired) electrons. The predicted molar refractivity (Wildman–Crippen MR) is 104 cm³/mol. The van der Waals surface area contributed by atoms with Gasteiger partial charge in [-0.1, -0.05) is 0 Å². The first-order valence-electron chi connectivity index (χ1n) is 8.36. The van der Waals surface area contributed by atoms with Gasteiger partial charge in [0.25, 0.3) is 5.91 Å². The first kappa shape index (κ1) is 20.7. The quantitative estimate of drug-likeness (QED) is 0.603. The fourth-order valence-electron chi connectivity index (χ4n) is 2.71. The number of aromatic nitrogens is 1. The number of ether oxygens (including phenoxy) is 1. The Kier molecular flexibility index (Phi) is 6.34. The summed E-state index contributed by atoms with van der Waals surface area (Å²) in [5.41, 5.74) is 0.713. The summed E-state index contributed by atoms with van der Waals surface area (Å²) in [6.45, 7) is -0.664. The number of carbonyl (C=O) groups excluding carboxylic acids is 1. The fraction of sp³-hybridized carbons (Fsp3) is 0.333. The van der Waals surface area contributed by atoms with Gasteiger partial charge in [0, 0.05) is 18.4 Å². The number of carbonyl (C=O) groups is 1. The molecule has 1 saturated heterocycles. The number of rotatable bonds is 6. The van der Waals surface area contributed by atoms with Crippen LogP contribution in [0.2, 0.25) is 0 Å². The Morgan fingerprint density at radius 1 is 1.43 bits per heavy atom. The third kappa shape index (κ3) is 5.08. The molecule has 0 aliphatic carbocycles. The van der Waals surface area contributed by atoms with Gasteiger partial charge in [-0.2, -0.15) is 4.39 Å². The van der Waals surface area contributed by atoms with Crippen molar-refractivity contribution >= 4 is 44.9 Å². The number of hydrogen-bond donors (Lipinski definition) is 1. The van der Waals surface area contributed by atoms with Crippen molar-refractivity contribution in [1.29, 1.82) is 0 Å². The van der Waals surface area contributed by atoms with Gasteiger partial charge >= 0.3 is 5.31 Å². The topological polar surface area (TPSA) is 54.5 Å². The first-order chi connectivity index (χ1) is 13.3. The number of halogens is 5. The number of alkyl halides is 4. The summed E-state index contributed by atoms with van der Waals surface area (Å²) in [4.78, 5) is 18.5. The molecule has 2 aromatic rings. The highest BCUT2D eigenvalue weighted by molar-refractivity contribution is 9.10. The van der Waals surface area contributed by atoms with Crippen LogP contribution in [0.5, 0.6) is 5.75 Å². The molecule has 1 fully saturated rings. The lowest BCUT2D eigenvalue weighted by atomic mass is 10.2. The van der Waals surface area contributed by atoms with E-state index in [-0.39, 0.29) is 12.3 Å². The Morgan fingerprint density at radius 2 is 2.14 bits per heavy atom. The highest BCUT2D eigenvalue weighted by atomic mass is 79.9. The van der Waals surface area contributed by atoms with Gasteiger partial charge in [0.05, 0.1) is 16.6 Å². The Morgan fingerprint density at radius 3 is 2.71 bits per heavy atom. The second-order valence-corrected chi connectivity index (χ2v) is 7.63. The zero-order valence-corrected chi connectivity index (χ0v) is 16.8. The van der Waals surface area contributed by atoms with Crippen molar-refractivity contribution < 1.29 is 22.7 Å². The van der Waals surface area contributed by atoms with Crippen LogP contribution in [-0.4, -0.2) is 42.1 Å². The van der Waals surface area contributed by atoms with E-state index < -0.39 is 24.1 Å². The summed E-state index contributed by atoms with van der Waals surface area (Å²) in [7, 11) is 0. The van der Waals surface area contributed by atoms with Gasteiger partial charge in [-0.05, 0) is 64.3 Å². The number of nitrogens with zero attached hydrogens (tertiary/aromatic N) is 2. The number of hydrogen-bond acceptors (Lipinski definition) is 4. The van der Waals surface area contributed by atoms with E-state index in [0.717, 1.165) is 0 Å². The fourth-order valence-corrected chi connectivity index (χ4v) is 3.40. The van der Waals surface area contributed by atoms with Gasteiger partial charge in [-0.25, -0.2) is 13.8 Å². The zero-order valence-electron chi connectivity index (χ0n) is 14.5. The smallest absolute Gasteiger partial charge is 0.355 e. The summed E-state index contributed by atoms with van der Waals surface area (Å²) >= 11 is 8.55. The molecule has 0 spiro atoms. The van der Waals surface area contributed by atoms with E-state index in [1.54, 1.807) is 6.07 Å². The average Bonchev–Trinajstić information content (AvgIpc) is 3.09. The Bertz CT molecular complexity index is 854. The molecule has 3 rings (SSSR count). The van der Waals surface area contributed by atoms with Crippen LogP contribution in [0.1, 0.15) is 16.8 Å². The number of pyridine rings is 1. The summed E-state index contributed by atoms with van der Waals surface area (Å²) in [5, 5.41) is -0.273. The minimum absolute atomic E-state index is 0.0127. The highest BCUT2D eigenvalue weighted by Gasteiger charge is 2.28. The summed E-state index contributed by atoms with van der Waals surface area (Å²) in [6.07, 6.45) is 0.981. The summed E-state index contributed by atoms with van der Waals surface area (Å²) in [6, 6.07) is 7.22. The Labute approximate surface area is 173 Å². The molecule has 1 amide bonds. The van der Waals surface area contributed by atoms with E-state index in [9.17, 15) is 18.0 Å². The van der Waals surface area contributed by atoms with E-state index >= 15 is 0 Å². The molecule has 0 bridgehead atoms. The molecular formula is C18H16BrClF3N3O2. The second-order valence-electron chi connectivity index (χ2n) is 6.21. The molecule has 1 aromatic heterocycles. The normalized spacial score (nSPS) is 18.6. The van der Waals surface area contributed by atoms with Crippen molar-refractivity contribution in [1.82, 2.24) is 4.98 Å². The number of amides is 1. The van der Waals surface area contributed by atoms with E-state index in [4.69, 9.17) is 11.6 Å². The van der Waals surface area contributed by atoms with Crippen LogP contribution in [0, 0.1) is 0 Å². The van der Waals surface area contributed by atoms with E-state index in [1.165, 1.54) is 30.5 Å². The van der Waals surface area contributed by atoms with Gasteiger partial charge in [0.15, 0.2) is 6.67 Å². The van der Waals surface area contributed by atoms with Crippen LogP contribution in [0.25, 0.3) is 0 Å². The molecule has 1 unspecified atom stereocenters. The highest BCUT2D eigenvalue weighted by Crippen LogP contribution is 2.29. The molecule has 150 valence electrons. The number of benzene rings is 1. The van der Waals surface area contributed by atoms with Crippen LogP contribution in [0.3, 0.4) is 0 Å². The van der Waals surface area contributed by atoms with Crippen LogP contribution in [0.4, 0.5) is 24.7 Å². The number of anilines is 2.